The smallest absolute Gasteiger partial charge is 0.131 e. The van der Waals surface area contributed by atoms with Crippen molar-refractivity contribution in [2.45, 2.75) is 13.0 Å². The van der Waals surface area contributed by atoms with Crippen LogP contribution in [0, 0.1) is 18.6 Å². The summed E-state index contributed by atoms with van der Waals surface area (Å²) in [6.45, 7) is 1.73. The van der Waals surface area contributed by atoms with Gasteiger partial charge in [-0.3, -0.25) is 0 Å². The number of benzene rings is 2. The summed E-state index contributed by atoms with van der Waals surface area (Å²) in [5.41, 5.74) is 2.02. The van der Waals surface area contributed by atoms with E-state index in [2.05, 4.69) is 5.32 Å². The van der Waals surface area contributed by atoms with Gasteiger partial charge in [0.15, 0.2) is 0 Å². The van der Waals surface area contributed by atoms with Gasteiger partial charge in [-0.05, 0) is 37.2 Å². The van der Waals surface area contributed by atoms with E-state index in [4.69, 9.17) is 0 Å². The molecule has 0 aromatic heterocycles. The predicted octanol–water partition coefficient (Wildman–Crippen LogP) is 3.58. The van der Waals surface area contributed by atoms with Crippen LogP contribution in [0.2, 0.25) is 0 Å². The maximum Gasteiger partial charge on any atom is 0.131 e. The molecule has 0 spiro atoms. The van der Waals surface area contributed by atoms with E-state index < -0.39 is 0 Å². The molecule has 2 aromatic rings. The minimum Gasteiger partial charge on any atom is -0.309 e. The number of hydrogen-bond acceptors (Lipinski definition) is 1. The van der Waals surface area contributed by atoms with E-state index in [0.717, 1.165) is 5.56 Å². The molecule has 0 bridgehead atoms. The highest BCUT2D eigenvalue weighted by molar-refractivity contribution is 5.35. The first-order valence-corrected chi connectivity index (χ1v) is 5.81. The number of halogens is 2. The molecule has 94 valence electrons. The van der Waals surface area contributed by atoms with Gasteiger partial charge in [-0.25, -0.2) is 8.78 Å². The van der Waals surface area contributed by atoms with Crippen molar-refractivity contribution in [2.24, 2.45) is 0 Å². The van der Waals surface area contributed by atoms with Gasteiger partial charge in [0.2, 0.25) is 0 Å². The Morgan fingerprint density at radius 3 is 2.28 bits per heavy atom. The van der Waals surface area contributed by atoms with Crippen molar-refractivity contribution in [3.8, 4) is 0 Å². The fourth-order valence-corrected chi connectivity index (χ4v) is 2.05. The van der Waals surface area contributed by atoms with Crippen molar-refractivity contribution in [2.75, 3.05) is 7.05 Å². The summed E-state index contributed by atoms with van der Waals surface area (Å²) < 4.78 is 27.0. The quantitative estimate of drug-likeness (QED) is 0.874. The highest BCUT2D eigenvalue weighted by Gasteiger charge is 2.16. The van der Waals surface area contributed by atoms with Crippen molar-refractivity contribution in [1.82, 2.24) is 5.32 Å². The third kappa shape index (κ3) is 2.41. The second kappa shape index (κ2) is 5.27. The van der Waals surface area contributed by atoms with E-state index in [9.17, 15) is 8.78 Å². The highest BCUT2D eigenvalue weighted by atomic mass is 19.1. The summed E-state index contributed by atoms with van der Waals surface area (Å²) in [6.07, 6.45) is 0. The maximum absolute atomic E-state index is 14.1. The van der Waals surface area contributed by atoms with Crippen LogP contribution in [-0.4, -0.2) is 7.05 Å². The fraction of sp³-hybridized carbons (Fsp3) is 0.200. The zero-order valence-electron chi connectivity index (χ0n) is 10.4. The Morgan fingerprint density at radius 1 is 1.00 bits per heavy atom. The van der Waals surface area contributed by atoms with Crippen LogP contribution in [0.15, 0.2) is 42.5 Å². The molecule has 0 aliphatic heterocycles. The molecule has 3 heteroatoms. The summed E-state index contributed by atoms with van der Waals surface area (Å²) in [5.74, 6) is -0.514. The molecule has 0 saturated carbocycles. The predicted molar refractivity (Wildman–Crippen MR) is 68.4 cm³/mol. The molecule has 1 N–H and O–H groups in total. The van der Waals surface area contributed by atoms with Gasteiger partial charge in [0.1, 0.15) is 11.6 Å². The third-order valence-electron chi connectivity index (χ3n) is 3.02. The van der Waals surface area contributed by atoms with Gasteiger partial charge in [-0.1, -0.05) is 30.3 Å². The molecule has 1 unspecified atom stereocenters. The Kier molecular flexibility index (Phi) is 3.72. The van der Waals surface area contributed by atoms with Crippen LogP contribution in [0.1, 0.15) is 22.7 Å². The van der Waals surface area contributed by atoms with Crippen molar-refractivity contribution in [3.05, 3.63) is 70.8 Å². The molecule has 18 heavy (non-hydrogen) atoms. The largest absolute Gasteiger partial charge is 0.309 e. The lowest BCUT2D eigenvalue weighted by Gasteiger charge is -2.18. The van der Waals surface area contributed by atoms with E-state index in [-0.39, 0.29) is 17.7 Å². The molecule has 0 fully saturated rings. The lowest BCUT2D eigenvalue weighted by molar-refractivity contribution is 0.568. The minimum atomic E-state index is -0.293. The van der Waals surface area contributed by atoms with Crippen LogP contribution >= 0.6 is 0 Å². The summed E-state index contributed by atoms with van der Waals surface area (Å²) in [7, 11) is 1.76. The van der Waals surface area contributed by atoms with Crippen LogP contribution in [0.5, 0.6) is 0 Å². The summed E-state index contributed by atoms with van der Waals surface area (Å²) in [4.78, 5) is 0. The minimum absolute atomic E-state index is 0.221. The fourth-order valence-electron chi connectivity index (χ4n) is 2.05. The monoisotopic (exact) mass is 247 g/mol. The van der Waals surface area contributed by atoms with Crippen molar-refractivity contribution in [3.63, 3.8) is 0 Å². The normalized spacial score (nSPS) is 12.4. The lowest BCUT2D eigenvalue weighted by atomic mass is 9.97. The standard InChI is InChI=1S/C15H15F2N/c1-10-4-3-5-13(14(10)17)15(18-2)11-6-8-12(16)9-7-11/h3-9,15,18H,1-2H3. The van der Waals surface area contributed by atoms with Crippen LogP contribution in [-0.2, 0) is 0 Å². The first kappa shape index (κ1) is 12.7. The SMILES string of the molecule is CNC(c1ccc(F)cc1)c1cccc(C)c1F. The first-order chi connectivity index (χ1) is 8.63. The molecule has 1 atom stereocenters. The molecular weight excluding hydrogens is 232 g/mol. The second-order valence-electron chi connectivity index (χ2n) is 4.25. The third-order valence-corrected chi connectivity index (χ3v) is 3.02. The molecule has 0 radical (unpaired) electrons. The van der Waals surface area contributed by atoms with E-state index in [1.54, 1.807) is 38.2 Å². The highest BCUT2D eigenvalue weighted by Crippen LogP contribution is 2.25. The van der Waals surface area contributed by atoms with Crippen molar-refractivity contribution in [1.29, 1.82) is 0 Å². The molecule has 0 amide bonds. The first-order valence-electron chi connectivity index (χ1n) is 5.81. The summed E-state index contributed by atoms with van der Waals surface area (Å²) in [5, 5.41) is 3.06. The van der Waals surface area contributed by atoms with Gasteiger partial charge in [0, 0.05) is 5.56 Å². The Labute approximate surface area is 105 Å². The number of aryl methyl sites for hydroxylation is 1. The molecule has 2 aromatic carbocycles. The Bertz CT molecular complexity index is 535. The van der Waals surface area contributed by atoms with Gasteiger partial charge in [-0.15, -0.1) is 0 Å². The molecule has 0 aliphatic carbocycles. The molecule has 0 saturated heterocycles. The van der Waals surface area contributed by atoms with E-state index in [0.29, 0.717) is 11.1 Å². The topological polar surface area (TPSA) is 12.0 Å². The second-order valence-corrected chi connectivity index (χ2v) is 4.25. The van der Waals surface area contributed by atoms with Crippen LogP contribution in [0.4, 0.5) is 8.78 Å². The van der Waals surface area contributed by atoms with Gasteiger partial charge < -0.3 is 5.32 Å². The van der Waals surface area contributed by atoms with E-state index >= 15 is 0 Å². The van der Waals surface area contributed by atoms with Gasteiger partial charge in [0.05, 0.1) is 6.04 Å². The summed E-state index contributed by atoms with van der Waals surface area (Å²) in [6, 6.07) is 11.1. The number of nitrogens with one attached hydrogen (secondary N) is 1. The van der Waals surface area contributed by atoms with Crippen molar-refractivity contribution < 1.29 is 8.78 Å². The molecule has 1 nitrogen and oxygen atoms in total. The van der Waals surface area contributed by atoms with Gasteiger partial charge >= 0.3 is 0 Å². The average Bonchev–Trinajstić information content (AvgIpc) is 2.37. The zero-order valence-corrected chi connectivity index (χ0v) is 10.4. The Hall–Kier alpha value is -1.74. The van der Waals surface area contributed by atoms with Gasteiger partial charge in [-0.2, -0.15) is 0 Å². The molecular formula is C15H15F2N. The maximum atomic E-state index is 14.1. The number of hydrogen-bond donors (Lipinski definition) is 1. The van der Waals surface area contributed by atoms with Crippen LogP contribution in [0.25, 0.3) is 0 Å². The van der Waals surface area contributed by atoms with E-state index in [1.807, 2.05) is 6.07 Å². The molecule has 2 rings (SSSR count). The zero-order chi connectivity index (χ0) is 13.1. The molecule has 0 aliphatic rings. The Morgan fingerprint density at radius 2 is 1.67 bits per heavy atom. The Balaban J connectivity index is 2.45. The van der Waals surface area contributed by atoms with Crippen LogP contribution < -0.4 is 5.32 Å². The lowest BCUT2D eigenvalue weighted by Crippen LogP contribution is -2.19. The van der Waals surface area contributed by atoms with Gasteiger partial charge in [0.25, 0.3) is 0 Å². The van der Waals surface area contributed by atoms with Crippen LogP contribution in [0.3, 0.4) is 0 Å². The van der Waals surface area contributed by atoms with Crippen molar-refractivity contribution >= 4 is 0 Å². The van der Waals surface area contributed by atoms with E-state index in [1.165, 1.54) is 12.1 Å². The summed E-state index contributed by atoms with van der Waals surface area (Å²) >= 11 is 0. The average molecular weight is 247 g/mol. The number of rotatable bonds is 3. The molecule has 0 heterocycles.